The van der Waals surface area contributed by atoms with Crippen LogP contribution in [0.25, 0.3) is 0 Å². The highest BCUT2D eigenvalue weighted by molar-refractivity contribution is 5.81. The zero-order valence-corrected chi connectivity index (χ0v) is 18.8. The molecule has 1 N–H and O–H groups in total. The van der Waals surface area contributed by atoms with Crippen molar-refractivity contribution in [2.45, 2.75) is 40.0 Å². The lowest BCUT2D eigenvalue weighted by molar-refractivity contribution is -0.141. The van der Waals surface area contributed by atoms with Crippen LogP contribution >= 0.6 is 0 Å². The van der Waals surface area contributed by atoms with Crippen LogP contribution in [0, 0.1) is 11.3 Å². The molecule has 1 aliphatic carbocycles. The molecule has 0 radical (unpaired) electrons. The Morgan fingerprint density at radius 1 is 1.21 bits per heavy atom. The van der Waals surface area contributed by atoms with Crippen molar-refractivity contribution < 1.29 is 4.79 Å². The lowest BCUT2D eigenvalue weighted by Crippen LogP contribution is -2.62. The molecule has 1 heterocycles. The van der Waals surface area contributed by atoms with E-state index >= 15 is 0 Å². The maximum Gasteiger partial charge on any atom is 0.227 e. The summed E-state index contributed by atoms with van der Waals surface area (Å²) in [6.45, 7) is 16.0. The first-order valence-corrected chi connectivity index (χ1v) is 10.4. The second-order valence-electron chi connectivity index (χ2n) is 8.48. The minimum absolute atomic E-state index is 0.149. The van der Waals surface area contributed by atoms with Gasteiger partial charge >= 0.3 is 0 Å². The van der Waals surface area contributed by atoms with E-state index in [0.717, 1.165) is 54.9 Å². The maximum absolute atomic E-state index is 12.6. The summed E-state index contributed by atoms with van der Waals surface area (Å²) in [5.41, 5.74) is 4.56. The number of nitrogens with zero attached hydrogens (tertiary/aromatic N) is 2. The molecule has 1 saturated heterocycles. The van der Waals surface area contributed by atoms with E-state index in [2.05, 4.69) is 42.6 Å². The van der Waals surface area contributed by atoms with E-state index in [1.54, 1.807) is 6.20 Å². The Labute approximate surface area is 177 Å². The molecular formula is C25H37N3O. The van der Waals surface area contributed by atoms with Gasteiger partial charge in [0.05, 0.1) is 0 Å². The van der Waals surface area contributed by atoms with E-state index in [0.29, 0.717) is 5.41 Å². The van der Waals surface area contributed by atoms with Gasteiger partial charge in [0.1, 0.15) is 0 Å². The first-order chi connectivity index (χ1) is 13.8. The maximum atomic E-state index is 12.6. The molecule has 1 spiro atoms. The van der Waals surface area contributed by atoms with Crippen LogP contribution in [0.15, 0.2) is 72.3 Å². The van der Waals surface area contributed by atoms with Gasteiger partial charge in [-0.1, -0.05) is 37.5 Å². The summed E-state index contributed by atoms with van der Waals surface area (Å²) in [5.74, 6) is 0.301. The third kappa shape index (κ3) is 5.60. The largest absolute Gasteiger partial charge is 0.355 e. The van der Waals surface area contributed by atoms with Crippen LogP contribution in [-0.2, 0) is 4.79 Å². The van der Waals surface area contributed by atoms with Gasteiger partial charge in [-0.15, -0.1) is 0 Å². The average molecular weight is 396 g/mol. The first-order valence-electron chi connectivity index (χ1n) is 10.4. The third-order valence-electron chi connectivity index (χ3n) is 6.09. The van der Waals surface area contributed by atoms with Crippen molar-refractivity contribution >= 4 is 5.91 Å². The molecule has 29 heavy (non-hydrogen) atoms. The van der Waals surface area contributed by atoms with Gasteiger partial charge in [-0.3, -0.25) is 4.79 Å². The highest BCUT2D eigenvalue weighted by Gasteiger charge is 2.53. The fourth-order valence-electron chi connectivity index (χ4n) is 4.55. The molecule has 2 fully saturated rings. The van der Waals surface area contributed by atoms with Gasteiger partial charge in [-0.2, -0.15) is 0 Å². The van der Waals surface area contributed by atoms with Gasteiger partial charge in [-0.25, -0.2) is 0 Å². The van der Waals surface area contributed by atoms with Gasteiger partial charge in [0.2, 0.25) is 5.91 Å². The molecule has 158 valence electrons. The Kier molecular flexibility index (Phi) is 7.86. The van der Waals surface area contributed by atoms with Gasteiger partial charge in [-0.05, 0) is 69.5 Å². The summed E-state index contributed by atoms with van der Waals surface area (Å²) in [7, 11) is 4.14. The second-order valence-corrected chi connectivity index (χ2v) is 8.48. The molecule has 1 amide bonds. The quantitative estimate of drug-likeness (QED) is 0.571. The van der Waals surface area contributed by atoms with Gasteiger partial charge in [0, 0.05) is 43.9 Å². The van der Waals surface area contributed by atoms with Crippen LogP contribution in [0.3, 0.4) is 0 Å². The Bertz CT molecular complexity index is 755. The van der Waals surface area contributed by atoms with E-state index in [1.165, 1.54) is 0 Å². The molecule has 1 saturated carbocycles. The summed E-state index contributed by atoms with van der Waals surface area (Å²) in [6.07, 6.45) is 14.8. The number of carbonyl (C=O) groups is 1. The molecule has 0 aromatic heterocycles. The number of hydrogen-bond donors (Lipinski definition) is 1. The molecule has 4 heteroatoms. The van der Waals surface area contributed by atoms with Crippen molar-refractivity contribution in [2.75, 3.05) is 27.2 Å². The van der Waals surface area contributed by atoms with Gasteiger partial charge < -0.3 is 15.1 Å². The zero-order valence-electron chi connectivity index (χ0n) is 18.8. The second kappa shape index (κ2) is 9.93. The monoisotopic (exact) mass is 395 g/mol. The number of amides is 1. The third-order valence-corrected chi connectivity index (χ3v) is 6.09. The van der Waals surface area contributed by atoms with Crippen molar-refractivity contribution in [1.82, 2.24) is 15.1 Å². The summed E-state index contributed by atoms with van der Waals surface area (Å²) in [4.78, 5) is 17.0. The molecule has 2 rings (SSSR count). The van der Waals surface area contributed by atoms with E-state index in [4.69, 9.17) is 0 Å². The summed E-state index contributed by atoms with van der Waals surface area (Å²) in [5, 5.41) is 3.11. The predicted octanol–water partition coefficient (Wildman–Crippen LogP) is 4.78. The number of allylic oxidation sites excluding steroid dienone is 8. The molecule has 1 aliphatic heterocycles. The highest BCUT2D eigenvalue weighted by Crippen LogP contribution is 2.51. The summed E-state index contributed by atoms with van der Waals surface area (Å²) in [6, 6.07) is 0. The topological polar surface area (TPSA) is 35.6 Å². The molecule has 4 nitrogen and oxygen atoms in total. The number of nitrogens with one attached hydrogen (secondary N) is 1. The molecular weight excluding hydrogens is 358 g/mol. The normalized spacial score (nSPS) is 20.7. The first kappa shape index (κ1) is 23.0. The van der Waals surface area contributed by atoms with E-state index in [9.17, 15) is 4.79 Å². The number of hydrogen-bond acceptors (Lipinski definition) is 3. The van der Waals surface area contributed by atoms with E-state index in [-0.39, 0.29) is 11.8 Å². The van der Waals surface area contributed by atoms with Crippen LogP contribution in [-0.4, -0.2) is 42.9 Å². The zero-order chi connectivity index (χ0) is 21.6. The summed E-state index contributed by atoms with van der Waals surface area (Å²) >= 11 is 0. The van der Waals surface area contributed by atoms with Crippen molar-refractivity contribution in [2.24, 2.45) is 11.3 Å². The van der Waals surface area contributed by atoms with Crippen LogP contribution in [0.1, 0.15) is 40.0 Å². The Hall–Kier alpha value is -2.33. The number of carbonyl (C=O) groups excluding carboxylic acids is 1. The summed E-state index contributed by atoms with van der Waals surface area (Å²) < 4.78 is 0. The Morgan fingerprint density at radius 2 is 1.86 bits per heavy atom. The fourth-order valence-corrected chi connectivity index (χ4v) is 4.55. The van der Waals surface area contributed by atoms with Gasteiger partial charge in [0.25, 0.3) is 0 Å². The standard InChI is InChI=1S/C25H37N3O/c1-8-20(9-2)21(12-13-23(10-3)28(7)11-4)14-19(5)26-24(29)22-15-25(16-22)17-27(6)18-25/h8-12,14,22H,1,4,13,15-18H2,2-3,5-7H3,(H,26,29)/b19-14+,20-9-,21-12-,23-10-. The Morgan fingerprint density at radius 3 is 2.34 bits per heavy atom. The van der Waals surface area contributed by atoms with Crippen molar-refractivity contribution in [1.29, 1.82) is 0 Å². The highest BCUT2D eigenvalue weighted by atomic mass is 16.1. The number of likely N-dealkylation sites (tertiary alicyclic amines) is 1. The van der Waals surface area contributed by atoms with Gasteiger partial charge in [0.15, 0.2) is 0 Å². The van der Waals surface area contributed by atoms with Crippen LogP contribution < -0.4 is 5.32 Å². The molecule has 0 unspecified atom stereocenters. The minimum atomic E-state index is 0.149. The SMILES string of the molecule is C=CC(=C/C)/C(=C\C/C(=C/C)N(C)C=C)/C=C(\C)NC(=O)C1CC2(C1)CN(C)C2. The van der Waals surface area contributed by atoms with E-state index < -0.39 is 0 Å². The fraction of sp³-hybridized carbons (Fsp3) is 0.480. The van der Waals surface area contributed by atoms with Crippen LogP contribution in [0.2, 0.25) is 0 Å². The minimum Gasteiger partial charge on any atom is -0.355 e. The Balaban J connectivity index is 2.05. The van der Waals surface area contributed by atoms with Crippen LogP contribution in [0.4, 0.5) is 0 Å². The molecule has 0 aromatic rings. The van der Waals surface area contributed by atoms with Crippen molar-refractivity contribution in [3.05, 3.63) is 72.3 Å². The molecule has 0 bridgehead atoms. The van der Waals surface area contributed by atoms with Crippen LogP contribution in [0.5, 0.6) is 0 Å². The predicted molar refractivity (Wildman–Crippen MR) is 123 cm³/mol. The van der Waals surface area contributed by atoms with Crippen molar-refractivity contribution in [3.63, 3.8) is 0 Å². The number of rotatable bonds is 9. The lowest BCUT2D eigenvalue weighted by atomic mass is 9.57. The van der Waals surface area contributed by atoms with E-state index in [1.807, 2.05) is 50.9 Å². The van der Waals surface area contributed by atoms with Crippen molar-refractivity contribution in [3.8, 4) is 0 Å². The lowest BCUT2D eigenvalue weighted by Gasteiger charge is -2.57. The molecule has 2 aliphatic rings. The smallest absolute Gasteiger partial charge is 0.227 e. The average Bonchev–Trinajstić information content (AvgIpc) is 2.63. The molecule has 0 atom stereocenters. The molecule has 0 aromatic carbocycles.